The monoisotopic (exact) mass is 263 g/mol. The van der Waals surface area contributed by atoms with Gasteiger partial charge >= 0.3 is 0 Å². The van der Waals surface area contributed by atoms with Crippen LogP contribution in [0.2, 0.25) is 0 Å². The Labute approximate surface area is 116 Å². The highest BCUT2D eigenvalue weighted by Gasteiger charge is 2.12. The first-order chi connectivity index (χ1) is 9.31. The van der Waals surface area contributed by atoms with Crippen LogP contribution in [0.25, 0.3) is 0 Å². The Kier molecular flexibility index (Phi) is 5.83. The van der Waals surface area contributed by atoms with E-state index in [4.69, 9.17) is 9.84 Å². The topological polar surface area (TPSA) is 41.5 Å². The van der Waals surface area contributed by atoms with Crippen molar-refractivity contribution >= 4 is 0 Å². The van der Waals surface area contributed by atoms with Crippen molar-refractivity contribution in [2.24, 2.45) is 0 Å². The third kappa shape index (κ3) is 4.30. The van der Waals surface area contributed by atoms with E-state index < -0.39 is 0 Å². The number of nitrogens with one attached hydrogen (secondary N) is 1. The molecule has 0 saturated carbocycles. The summed E-state index contributed by atoms with van der Waals surface area (Å²) >= 11 is 0. The average molecular weight is 263 g/mol. The molecule has 1 aliphatic rings. The molecule has 1 aliphatic carbocycles. The Morgan fingerprint density at radius 3 is 2.95 bits per heavy atom. The van der Waals surface area contributed by atoms with Crippen LogP contribution in [0, 0.1) is 0 Å². The van der Waals surface area contributed by atoms with E-state index in [-0.39, 0.29) is 6.61 Å². The minimum absolute atomic E-state index is 0.110. The molecule has 2 N–H and O–H groups in total. The lowest BCUT2D eigenvalue weighted by atomic mass is 10.0. The molecule has 0 aliphatic heterocycles. The second kappa shape index (κ2) is 7.63. The zero-order valence-corrected chi connectivity index (χ0v) is 11.8. The third-order valence-electron chi connectivity index (χ3n) is 3.77. The van der Waals surface area contributed by atoms with Crippen molar-refractivity contribution in [3.05, 3.63) is 34.9 Å². The lowest BCUT2D eigenvalue weighted by Crippen LogP contribution is -2.21. The molecule has 0 radical (unpaired) electrons. The van der Waals surface area contributed by atoms with E-state index in [2.05, 4.69) is 30.4 Å². The quantitative estimate of drug-likeness (QED) is 0.707. The molecule has 0 spiro atoms. The van der Waals surface area contributed by atoms with Gasteiger partial charge in [0.15, 0.2) is 0 Å². The summed E-state index contributed by atoms with van der Waals surface area (Å²) in [6.45, 7) is 4.43. The largest absolute Gasteiger partial charge is 0.394 e. The molecule has 0 aromatic heterocycles. The molecule has 0 fully saturated rings. The van der Waals surface area contributed by atoms with E-state index in [1.54, 1.807) is 0 Å². The second-order valence-corrected chi connectivity index (χ2v) is 5.25. The summed E-state index contributed by atoms with van der Waals surface area (Å²) in [5.74, 6) is 0. The van der Waals surface area contributed by atoms with Crippen LogP contribution in [-0.2, 0) is 17.6 Å². The maximum atomic E-state index is 8.60. The van der Waals surface area contributed by atoms with E-state index in [9.17, 15) is 0 Å². The first-order valence-electron chi connectivity index (χ1n) is 7.35. The Morgan fingerprint density at radius 2 is 2.11 bits per heavy atom. The highest BCUT2D eigenvalue weighted by atomic mass is 16.5. The lowest BCUT2D eigenvalue weighted by molar-refractivity contribution is 0.0904. The third-order valence-corrected chi connectivity index (χ3v) is 3.77. The number of benzene rings is 1. The van der Waals surface area contributed by atoms with Gasteiger partial charge < -0.3 is 15.2 Å². The van der Waals surface area contributed by atoms with Crippen LogP contribution < -0.4 is 5.32 Å². The smallest absolute Gasteiger partial charge is 0.0697 e. The van der Waals surface area contributed by atoms with Crippen molar-refractivity contribution < 1.29 is 9.84 Å². The van der Waals surface area contributed by atoms with Crippen molar-refractivity contribution in [1.82, 2.24) is 5.32 Å². The molecule has 0 saturated heterocycles. The average Bonchev–Trinajstić information content (AvgIpc) is 2.89. The van der Waals surface area contributed by atoms with Crippen LogP contribution in [0.4, 0.5) is 0 Å². The molecule has 1 aromatic carbocycles. The van der Waals surface area contributed by atoms with E-state index in [0.29, 0.717) is 19.3 Å². The highest BCUT2D eigenvalue weighted by molar-refractivity contribution is 5.36. The number of aliphatic hydroxyl groups is 1. The Balaban J connectivity index is 1.72. The number of ether oxygens (including phenoxy) is 1. The molecule has 0 amide bonds. The second-order valence-electron chi connectivity index (χ2n) is 5.25. The summed E-state index contributed by atoms with van der Waals surface area (Å²) in [6.07, 6.45) is 4.78. The van der Waals surface area contributed by atoms with Gasteiger partial charge in [0, 0.05) is 12.6 Å². The SMILES string of the molecule is CC(NCCCOCCO)c1ccc2c(c1)CCC2. The van der Waals surface area contributed by atoms with Gasteiger partial charge in [-0.25, -0.2) is 0 Å². The maximum Gasteiger partial charge on any atom is 0.0697 e. The van der Waals surface area contributed by atoms with Gasteiger partial charge in [-0.15, -0.1) is 0 Å². The first-order valence-corrected chi connectivity index (χ1v) is 7.35. The van der Waals surface area contributed by atoms with Gasteiger partial charge in [-0.05, 0) is 55.8 Å². The summed E-state index contributed by atoms with van der Waals surface area (Å²) in [4.78, 5) is 0. The number of hydrogen-bond acceptors (Lipinski definition) is 3. The zero-order chi connectivity index (χ0) is 13.5. The van der Waals surface area contributed by atoms with Crippen LogP contribution in [0.3, 0.4) is 0 Å². The van der Waals surface area contributed by atoms with Crippen LogP contribution in [0.15, 0.2) is 18.2 Å². The molecular weight excluding hydrogens is 238 g/mol. The Hall–Kier alpha value is -0.900. The molecule has 106 valence electrons. The van der Waals surface area contributed by atoms with Gasteiger partial charge in [-0.1, -0.05) is 18.2 Å². The molecule has 0 bridgehead atoms. The normalized spacial score (nSPS) is 15.5. The standard InChI is InChI=1S/C16H25NO2/c1-13(17-8-3-10-19-11-9-18)15-7-6-14-4-2-5-16(14)12-15/h6-7,12-13,17-18H,2-5,8-11H2,1H3. The van der Waals surface area contributed by atoms with Crippen LogP contribution in [0.1, 0.15) is 42.5 Å². The van der Waals surface area contributed by atoms with Crippen molar-refractivity contribution in [3.8, 4) is 0 Å². The number of hydrogen-bond donors (Lipinski definition) is 2. The van der Waals surface area contributed by atoms with Gasteiger partial charge in [-0.2, -0.15) is 0 Å². The van der Waals surface area contributed by atoms with E-state index in [1.807, 2.05) is 0 Å². The van der Waals surface area contributed by atoms with E-state index in [0.717, 1.165) is 13.0 Å². The summed E-state index contributed by atoms with van der Waals surface area (Å²) in [5.41, 5.74) is 4.46. The number of rotatable bonds is 8. The Bertz CT molecular complexity index is 392. The molecule has 3 nitrogen and oxygen atoms in total. The number of aryl methyl sites for hydroxylation is 2. The van der Waals surface area contributed by atoms with Gasteiger partial charge in [0.2, 0.25) is 0 Å². The molecule has 3 heteroatoms. The molecule has 2 rings (SSSR count). The van der Waals surface area contributed by atoms with Gasteiger partial charge in [0.1, 0.15) is 0 Å². The van der Waals surface area contributed by atoms with Gasteiger partial charge in [-0.3, -0.25) is 0 Å². The molecule has 1 unspecified atom stereocenters. The lowest BCUT2D eigenvalue weighted by Gasteiger charge is -2.15. The molecule has 1 atom stereocenters. The fourth-order valence-corrected chi connectivity index (χ4v) is 2.64. The summed E-state index contributed by atoms with van der Waals surface area (Å²) in [6, 6.07) is 7.30. The first kappa shape index (κ1) is 14.5. The van der Waals surface area contributed by atoms with Crippen LogP contribution in [0.5, 0.6) is 0 Å². The van der Waals surface area contributed by atoms with Gasteiger partial charge in [0.25, 0.3) is 0 Å². The summed E-state index contributed by atoms with van der Waals surface area (Å²) in [5, 5.41) is 12.1. The fraction of sp³-hybridized carbons (Fsp3) is 0.625. The van der Waals surface area contributed by atoms with Crippen molar-refractivity contribution in [2.75, 3.05) is 26.4 Å². The van der Waals surface area contributed by atoms with Crippen LogP contribution >= 0.6 is 0 Å². The summed E-state index contributed by atoms with van der Waals surface area (Å²) < 4.78 is 5.24. The predicted octanol–water partition coefficient (Wildman–Crippen LogP) is 2.22. The number of fused-ring (bicyclic) bond motifs is 1. The minimum Gasteiger partial charge on any atom is -0.394 e. The summed E-state index contributed by atoms with van der Waals surface area (Å²) in [7, 11) is 0. The van der Waals surface area contributed by atoms with Crippen LogP contribution in [-0.4, -0.2) is 31.5 Å². The fourth-order valence-electron chi connectivity index (χ4n) is 2.64. The molecule has 19 heavy (non-hydrogen) atoms. The molecule has 1 aromatic rings. The van der Waals surface area contributed by atoms with E-state index in [1.165, 1.54) is 36.0 Å². The maximum absolute atomic E-state index is 8.60. The Morgan fingerprint density at radius 1 is 1.26 bits per heavy atom. The molecular formula is C16H25NO2. The van der Waals surface area contributed by atoms with E-state index >= 15 is 0 Å². The van der Waals surface area contributed by atoms with Crippen molar-refractivity contribution in [2.45, 2.75) is 38.6 Å². The van der Waals surface area contributed by atoms with Crippen molar-refractivity contribution in [1.29, 1.82) is 0 Å². The number of aliphatic hydroxyl groups excluding tert-OH is 1. The molecule has 0 heterocycles. The minimum atomic E-state index is 0.110. The van der Waals surface area contributed by atoms with Gasteiger partial charge in [0.05, 0.1) is 13.2 Å². The predicted molar refractivity (Wildman–Crippen MR) is 77.4 cm³/mol. The van der Waals surface area contributed by atoms with Crippen molar-refractivity contribution in [3.63, 3.8) is 0 Å². The highest BCUT2D eigenvalue weighted by Crippen LogP contribution is 2.25. The zero-order valence-electron chi connectivity index (χ0n) is 11.8.